The lowest BCUT2D eigenvalue weighted by Gasteiger charge is -2.25. The molecule has 1 N–H and O–H groups in total. The smallest absolute Gasteiger partial charge is 0.295 e. The van der Waals surface area contributed by atoms with E-state index in [1.807, 2.05) is 30.3 Å². The first kappa shape index (κ1) is 19.5. The highest BCUT2D eigenvalue weighted by atomic mass is 19.1. The first-order chi connectivity index (χ1) is 14.6. The molecule has 0 radical (unpaired) electrons. The van der Waals surface area contributed by atoms with Gasteiger partial charge in [-0.25, -0.2) is 4.39 Å². The van der Waals surface area contributed by atoms with Gasteiger partial charge in [0.2, 0.25) is 0 Å². The minimum absolute atomic E-state index is 0.121. The molecule has 0 spiro atoms. The lowest BCUT2D eigenvalue weighted by Crippen LogP contribution is -2.32. The predicted octanol–water partition coefficient (Wildman–Crippen LogP) is 3.89. The highest BCUT2D eigenvalue weighted by Crippen LogP contribution is 2.40. The van der Waals surface area contributed by atoms with Gasteiger partial charge in [0, 0.05) is 30.1 Å². The van der Waals surface area contributed by atoms with Crippen LogP contribution in [0.1, 0.15) is 22.7 Å². The molecular formula is C24H19FN2O3. The Hall–Kier alpha value is -3.80. The molecule has 1 fully saturated rings. The van der Waals surface area contributed by atoms with Crippen LogP contribution in [0.4, 0.5) is 4.39 Å². The lowest BCUT2D eigenvalue weighted by molar-refractivity contribution is -0.139. The van der Waals surface area contributed by atoms with Crippen LogP contribution in [0.25, 0.3) is 5.76 Å². The van der Waals surface area contributed by atoms with E-state index in [4.69, 9.17) is 0 Å². The number of rotatable bonds is 5. The van der Waals surface area contributed by atoms with Crippen LogP contribution in [-0.2, 0) is 16.0 Å². The zero-order valence-electron chi connectivity index (χ0n) is 16.0. The van der Waals surface area contributed by atoms with Crippen LogP contribution in [-0.4, -0.2) is 33.2 Å². The van der Waals surface area contributed by atoms with Gasteiger partial charge in [-0.3, -0.25) is 14.6 Å². The summed E-state index contributed by atoms with van der Waals surface area (Å²) in [5.41, 5.74) is 1.37. The molecule has 4 rings (SSSR count). The third kappa shape index (κ3) is 3.59. The van der Waals surface area contributed by atoms with Crippen molar-refractivity contribution in [2.24, 2.45) is 0 Å². The van der Waals surface area contributed by atoms with Gasteiger partial charge in [0.1, 0.15) is 11.6 Å². The van der Waals surface area contributed by atoms with Crippen molar-refractivity contribution in [1.29, 1.82) is 0 Å². The van der Waals surface area contributed by atoms with Crippen LogP contribution in [0.2, 0.25) is 0 Å². The van der Waals surface area contributed by atoms with Gasteiger partial charge in [-0.2, -0.15) is 0 Å². The van der Waals surface area contributed by atoms with E-state index in [9.17, 15) is 19.1 Å². The molecule has 1 saturated heterocycles. The minimum atomic E-state index is -1.01. The van der Waals surface area contributed by atoms with Crippen molar-refractivity contribution in [3.05, 3.63) is 107 Å². The molecule has 1 aromatic heterocycles. The monoisotopic (exact) mass is 402 g/mol. The molecule has 150 valence electrons. The molecule has 2 aromatic carbocycles. The Morgan fingerprint density at radius 2 is 1.63 bits per heavy atom. The number of likely N-dealkylation sites (tertiary alicyclic amines) is 1. The standard InChI is InChI=1S/C24H19FN2O3/c25-19-9-5-4-8-18(19)21-20(22(28)17-10-13-26-14-11-17)23(29)24(30)27(21)15-12-16-6-2-1-3-7-16/h1-11,13-14,21,28H,12,15H2/b22-20+. The Labute approximate surface area is 173 Å². The molecule has 3 aromatic rings. The number of aliphatic hydroxyl groups is 1. The lowest BCUT2D eigenvalue weighted by atomic mass is 9.95. The van der Waals surface area contributed by atoms with Crippen LogP contribution >= 0.6 is 0 Å². The van der Waals surface area contributed by atoms with Gasteiger partial charge in [-0.05, 0) is 30.2 Å². The Morgan fingerprint density at radius 1 is 0.967 bits per heavy atom. The molecule has 1 amide bonds. The van der Waals surface area contributed by atoms with E-state index in [1.54, 1.807) is 6.07 Å². The summed E-state index contributed by atoms with van der Waals surface area (Å²) in [6.07, 6.45) is 3.44. The van der Waals surface area contributed by atoms with Crippen LogP contribution in [0, 0.1) is 5.82 Å². The zero-order valence-corrected chi connectivity index (χ0v) is 16.0. The molecule has 0 bridgehead atoms. The first-order valence-corrected chi connectivity index (χ1v) is 9.55. The zero-order chi connectivity index (χ0) is 21.1. The topological polar surface area (TPSA) is 70.5 Å². The molecule has 2 heterocycles. The average Bonchev–Trinajstić information content (AvgIpc) is 3.03. The van der Waals surface area contributed by atoms with E-state index in [1.165, 1.54) is 47.6 Å². The number of carbonyl (C=O) groups is 2. The van der Waals surface area contributed by atoms with E-state index in [-0.39, 0.29) is 23.4 Å². The summed E-state index contributed by atoms with van der Waals surface area (Å²) in [6.45, 7) is 0.209. The Bertz CT molecular complexity index is 1110. The van der Waals surface area contributed by atoms with Gasteiger partial charge in [0.05, 0.1) is 11.6 Å². The number of pyridine rings is 1. The Morgan fingerprint density at radius 3 is 2.33 bits per heavy atom. The Balaban J connectivity index is 1.80. The van der Waals surface area contributed by atoms with Gasteiger partial charge in [-0.15, -0.1) is 0 Å². The fourth-order valence-electron chi connectivity index (χ4n) is 3.69. The number of amides is 1. The number of carbonyl (C=O) groups excluding carboxylic acids is 2. The number of hydrogen-bond donors (Lipinski definition) is 1. The number of ketones is 1. The summed E-state index contributed by atoms with van der Waals surface area (Å²) in [7, 11) is 0. The van der Waals surface area contributed by atoms with Gasteiger partial charge in [-0.1, -0.05) is 48.5 Å². The van der Waals surface area contributed by atoms with E-state index < -0.39 is 23.5 Å². The maximum atomic E-state index is 14.7. The highest BCUT2D eigenvalue weighted by Gasteiger charge is 2.46. The quantitative estimate of drug-likeness (QED) is 0.399. The maximum Gasteiger partial charge on any atom is 0.295 e. The molecule has 30 heavy (non-hydrogen) atoms. The first-order valence-electron chi connectivity index (χ1n) is 9.55. The second-order valence-electron chi connectivity index (χ2n) is 6.99. The van der Waals surface area contributed by atoms with Crippen LogP contribution < -0.4 is 0 Å². The third-order valence-electron chi connectivity index (χ3n) is 5.18. The molecule has 1 unspecified atom stereocenters. The van der Waals surface area contributed by atoms with E-state index in [0.717, 1.165) is 5.56 Å². The SMILES string of the molecule is O=C1C(=O)N(CCc2ccccc2)C(c2ccccc2F)/C1=C(\O)c1ccncc1. The molecule has 1 atom stereocenters. The minimum Gasteiger partial charge on any atom is -0.507 e. The van der Waals surface area contributed by atoms with E-state index >= 15 is 0 Å². The number of aliphatic hydroxyl groups excluding tert-OH is 1. The van der Waals surface area contributed by atoms with E-state index in [2.05, 4.69) is 4.98 Å². The highest BCUT2D eigenvalue weighted by molar-refractivity contribution is 6.46. The maximum absolute atomic E-state index is 14.7. The van der Waals surface area contributed by atoms with Crippen molar-refractivity contribution in [1.82, 2.24) is 9.88 Å². The second-order valence-corrected chi connectivity index (χ2v) is 6.99. The number of aromatic nitrogens is 1. The van der Waals surface area contributed by atoms with Crippen LogP contribution in [0.3, 0.4) is 0 Å². The largest absolute Gasteiger partial charge is 0.507 e. The van der Waals surface area contributed by atoms with Crippen LogP contribution in [0.15, 0.2) is 84.7 Å². The van der Waals surface area contributed by atoms with Crippen molar-refractivity contribution in [3.63, 3.8) is 0 Å². The fourth-order valence-corrected chi connectivity index (χ4v) is 3.69. The van der Waals surface area contributed by atoms with E-state index in [0.29, 0.717) is 12.0 Å². The van der Waals surface area contributed by atoms with Gasteiger partial charge in [0.25, 0.3) is 11.7 Å². The van der Waals surface area contributed by atoms with Crippen molar-refractivity contribution in [2.75, 3.05) is 6.54 Å². The Kier molecular flexibility index (Phi) is 5.39. The number of nitrogens with zero attached hydrogens (tertiary/aromatic N) is 2. The average molecular weight is 402 g/mol. The second kappa shape index (κ2) is 8.29. The number of hydrogen-bond acceptors (Lipinski definition) is 4. The summed E-state index contributed by atoms with van der Waals surface area (Å²) >= 11 is 0. The summed E-state index contributed by atoms with van der Waals surface area (Å²) < 4.78 is 14.7. The molecular weight excluding hydrogens is 383 g/mol. The summed E-state index contributed by atoms with van der Waals surface area (Å²) in [5.74, 6) is -2.47. The number of Topliss-reactive ketones (excluding diaryl/α,β-unsaturated/α-hetero) is 1. The summed E-state index contributed by atoms with van der Waals surface area (Å²) in [6, 6.07) is 17.6. The normalized spacial score (nSPS) is 18.0. The van der Waals surface area contributed by atoms with Crippen molar-refractivity contribution >= 4 is 17.4 Å². The summed E-state index contributed by atoms with van der Waals surface area (Å²) in [5, 5.41) is 10.9. The molecule has 1 aliphatic heterocycles. The predicted molar refractivity (Wildman–Crippen MR) is 110 cm³/mol. The number of benzene rings is 2. The fraction of sp³-hybridized carbons (Fsp3) is 0.125. The van der Waals surface area contributed by atoms with Gasteiger partial charge in [0.15, 0.2) is 0 Å². The van der Waals surface area contributed by atoms with Gasteiger partial charge >= 0.3 is 0 Å². The van der Waals surface area contributed by atoms with Crippen LogP contribution in [0.5, 0.6) is 0 Å². The molecule has 6 heteroatoms. The third-order valence-corrected chi connectivity index (χ3v) is 5.18. The molecule has 1 aliphatic rings. The van der Waals surface area contributed by atoms with Crippen molar-refractivity contribution in [3.8, 4) is 0 Å². The van der Waals surface area contributed by atoms with Gasteiger partial charge < -0.3 is 10.0 Å². The van der Waals surface area contributed by atoms with Crippen molar-refractivity contribution < 1.29 is 19.1 Å². The molecule has 5 nitrogen and oxygen atoms in total. The summed E-state index contributed by atoms with van der Waals surface area (Å²) in [4.78, 5) is 31.0. The molecule has 0 aliphatic carbocycles. The molecule has 0 saturated carbocycles. The number of halogens is 1. The van der Waals surface area contributed by atoms with Crippen molar-refractivity contribution in [2.45, 2.75) is 12.5 Å².